The molecule has 1 fully saturated rings. The van der Waals surface area contributed by atoms with E-state index in [-0.39, 0.29) is 23.5 Å². The second-order valence-electron chi connectivity index (χ2n) is 7.54. The van der Waals surface area contributed by atoms with E-state index in [1.54, 1.807) is 12.1 Å². The first-order chi connectivity index (χ1) is 15.1. The molecule has 1 aliphatic heterocycles. The van der Waals surface area contributed by atoms with Crippen LogP contribution < -0.4 is 20.0 Å². The summed E-state index contributed by atoms with van der Waals surface area (Å²) in [6.45, 7) is 4.52. The molecule has 160 valence electrons. The Kier molecular flexibility index (Phi) is 6.28. The molecule has 0 atom stereocenters. The highest BCUT2D eigenvalue weighted by Crippen LogP contribution is 2.15. The zero-order valence-corrected chi connectivity index (χ0v) is 17.0. The predicted octanol–water partition coefficient (Wildman–Crippen LogP) is 2.03. The number of hydrogen-bond acceptors (Lipinski definition) is 6. The van der Waals surface area contributed by atoms with Crippen LogP contribution in [0.2, 0.25) is 0 Å². The molecule has 1 aliphatic rings. The number of nitro groups is 1. The van der Waals surface area contributed by atoms with Crippen molar-refractivity contribution in [3.63, 3.8) is 0 Å². The van der Waals surface area contributed by atoms with E-state index in [0.717, 1.165) is 26.2 Å². The Morgan fingerprint density at radius 1 is 1.06 bits per heavy atom. The number of nitro benzene ring substituents is 1. The molecule has 0 amide bonds. The minimum absolute atomic E-state index is 0.0150. The molecule has 1 aromatic heterocycles. The SMILES string of the molecule is O=c1cc(C[NH+]2CCN(c3ccccc3)CC2)occ1OCc1cccc([N+](=O)[O-])c1. The van der Waals surface area contributed by atoms with Crippen LogP contribution >= 0.6 is 0 Å². The minimum Gasteiger partial charge on any atom is -0.482 e. The van der Waals surface area contributed by atoms with Crippen LogP contribution in [0.3, 0.4) is 0 Å². The lowest BCUT2D eigenvalue weighted by Crippen LogP contribution is -3.13. The topological polar surface area (TPSA) is 90.3 Å². The van der Waals surface area contributed by atoms with Crippen LogP contribution in [0, 0.1) is 10.1 Å². The first kappa shape index (κ1) is 20.6. The lowest BCUT2D eigenvalue weighted by Gasteiger charge is -2.33. The van der Waals surface area contributed by atoms with Crippen molar-refractivity contribution in [1.82, 2.24) is 0 Å². The van der Waals surface area contributed by atoms with Gasteiger partial charge in [-0.1, -0.05) is 30.3 Å². The summed E-state index contributed by atoms with van der Waals surface area (Å²) in [6, 6.07) is 18.0. The van der Waals surface area contributed by atoms with Gasteiger partial charge in [-0.2, -0.15) is 0 Å². The van der Waals surface area contributed by atoms with Gasteiger partial charge in [-0.15, -0.1) is 0 Å². The van der Waals surface area contributed by atoms with Crippen LogP contribution in [0.1, 0.15) is 11.3 Å². The first-order valence-electron chi connectivity index (χ1n) is 10.2. The smallest absolute Gasteiger partial charge is 0.269 e. The number of non-ortho nitro benzene ring substituents is 1. The molecule has 2 aromatic carbocycles. The second kappa shape index (κ2) is 9.44. The van der Waals surface area contributed by atoms with E-state index >= 15 is 0 Å². The normalized spacial score (nSPS) is 14.4. The number of nitrogens with one attached hydrogen (secondary N) is 1. The molecule has 0 saturated carbocycles. The highest BCUT2D eigenvalue weighted by molar-refractivity contribution is 5.46. The van der Waals surface area contributed by atoms with Crippen molar-refractivity contribution in [2.75, 3.05) is 31.1 Å². The highest BCUT2D eigenvalue weighted by atomic mass is 16.6. The van der Waals surface area contributed by atoms with Crippen molar-refractivity contribution in [3.8, 4) is 5.75 Å². The molecule has 4 rings (SSSR count). The third-order valence-electron chi connectivity index (χ3n) is 5.38. The summed E-state index contributed by atoms with van der Waals surface area (Å²) in [5.41, 5.74) is 1.57. The predicted molar refractivity (Wildman–Crippen MR) is 115 cm³/mol. The average Bonchev–Trinajstić information content (AvgIpc) is 2.80. The molecule has 0 spiro atoms. The lowest BCUT2D eigenvalue weighted by molar-refractivity contribution is -0.915. The summed E-state index contributed by atoms with van der Waals surface area (Å²) >= 11 is 0. The van der Waals surface area contributed by atoms with E-state index in [4.69, 9.17) is 9.15 Å². The van der Waals surface area contributed by atoms with Crippen LogP contribution in [-0.2, 0) is 13.2 Å². The van der Waals surface area contributed by atoms with Crippen molar-refractivity contribution in [1.29, 1.82) is 0 Å². The van der Waals surface area contributed by atoms with Gasteiger partial charge in [0.15, 0.2) is 5.76 Å². The van der Waals surface area contributed by atoms with Gasteiger partial charge < -0.3 is 19.0 Å². The Bertz CT molecular complexity index is 1090. The van der Waals surface area contributed by atoms with E-state index in [0.29, 0.717) is 17.9 Å². The zero-order chi connectivity index (χ0) is 21.6. The maximum Gasteiger partial charge on any atom is 0.269 e. The molecule has 0 bridgehead atoms. The molecule has 31 heavy (non-hydrogen) atoms. The largest absolute Gasteiger partial charge is 0.482 e. The van der Waals surface area contributed by atoms with Gasteiger partial charge in [-0.05, 0) is 17.7 Å². The van der Waals surface area contributed by atoms with Crippen LogP contribution in [0.25, 0.3) is 0 Å². The van der Waals surface area contributed by atoms with Crippen molar-refractivity contribution in [2.45, 2.75) is 13.2 Å². The third-order valence-corrected chi connectivity index (χ3v) is 5.38. The summed E-state index contributed by atoms with van der Waals surface area (Å²) < 4.78 is 11.2. The number of anilines is 1. The fourth-order valence-electron chi connectivity index (χ4n) is 3.70. The van der Waals surface area contributed by atoms with Crippen LogP contribution in [0.15, 0.2) is 76.1 Å². The molecular weight excluding hydrogens is 398 g/mol. The van der Waals surface area contributed by atoms with Crippen LogP contribution in [0.5, 0.6) is 5.75 Å². The van der Waals surface area contributed by atoms with Gasteiger partial charge in [0.2, 0.25) is 11.2 Å². The van der Waals surface area contributed by atoms with Gasteiger partial charge in [-0.25, -0.2) is 0 Å². The molecule has 8 heteroatoms. The Morgan fingerprint density at radius 2 is 1.84 bits per heavy atom. The van der Waals surface area contributed by atoms with Crippen molar-refractivity contribution in [2.24, 2.45) is 0 Å². The number of para-hydroxylation sites is 1. The number of quaternary nitrogens is 1. The van der Waals surface area contributed by atoms with E-state index in [1.165, 1.54) is 35.0 Å². The molecule has 1 N–H and O–H groups in total. The molecule has 0 radical (unpaired) electrons. The summed E-state index contributed by atoms with van der Waals surface area (Å²) in [7, 11) is 0. The number of benzene rings is 2. The lowest BCUT2D eigenvalue weighted by atomic mass is 10.2. The molecule has 1 saturated heterocycles. The number of piperazine rings is 1. The Hall–Kier alpha value is -3.65. The minimum atomic E-state index is -0.464. The van der Waals surface area contributed by atoms with Crippen molar-refractivity contribution in [3.05, 3.63) is 98.6 Å². The number of nitrogens with zero attached hydrogens (tertiary/aromatic N) is 2. The van der Waals surface area contributed by atoms with Gasteiger partial charge >= 0.3 is 0 Å². The van der Waals surface area contributed by atoms with Gasteiger partial charge in [0.05, 0.1) is 31.1 Å². The molecule has 3 aromatic rings. The maximum atomic E-state index is 12.4. The third kappa shape index (κ3) is 5.29. The summed E-state index contributed by atoms with van der Waals surface area (Å²) in [5, 5.41) is 10.9. The summed E-state index contributed by atoms with van der Waals surface area (Å²) in [6.07, 6.45) is 1.33. The van der Waals surface area contributed by atoms with E-state index in [9.17, 15) is 14.9 Å². The van der Waals surface area contributed by atoms with Gasteiger partial charge in [0, 0.05) is 23.9 Å². The highest BCUT2D eigenvalue weighted by Gasteiger charge is 2.21. The quantitative estimate of drug-likeness (QED) is 0.463. The average molecular weight is 422 g/mol. The van der Waals surface area contributed by atoms with Gasteiger partial charge in [0.1, 0.15) is 19.4 Å². The first-order valence-corrected chi connectivity index (χ1v) is 10.2. The van der Waals surface area contributed by atoms with Gasteiger partial charge in [-0.3, -0.25) is 14.9 Å². The zero-order valence-electron chi connectivity index (χ0n) is 17.0. The van der Waals surface area contributed by atoms with Gasteiger partial charge in [0.25, 0.3) is 5.69 Å². The maximum absolute atomic E-state index is 12.4. The Morgan fingerprint density at radius 3 is 2.55 bits per heavy atom. The standard InChI is InChI=1S/C23H23N3O5/c27-22-14-21(15-24-9-11-25(12-10-24)19-6-2-1-3-7-19)30-17-23(22)31-16-18-5-4-8-20(13-18)26(28)29/h1-8,13-14,17H,9-12,15-16H2/p+1. The number of ether oxygens (including phenoxy) is 1. The second-order valence-corrected chi connectivity index (χ2v) is 7.54. The molecule has 0 aliphatic carbocycles. The number of hydrogen-bond donors (Lipinski definition) is 1. The van der Waals surface area contributed by atoms with E-state index < -0.39 is 4.92 Å². The molecular formula is C23H24N3O5+. The Labute approximate surface area is 179 Å². The monoisotopic (exact) mass is 422 g/mol. The molecule has 8 nitrogen and oxygen atoms in total. The van der Waals surface area contributed by atoms with Crippen molar-refractivity contribution < 1.29 is 19.0 Å². The summed E-state index contributed by atoms with van der Waals surface area (Å²) in [4.78, 5) is 26.5. The van der Waals surface area contributed by atoms with Crippen LogP contribution in [0.4, 0.5) is 11.4 Å². The fraction of sp³-hybridized carbons (Fsp3) is 0.261. The van der Waals surface area contributed by atoms with E-state index in [1.807, 2.05) is 18.2 Å². The van der Waals surface area contributed by atoms with E-state index in [2.05, 4.69) is 17.0 Å². The van der Waals surface area contributed by atoms with Crippen molar-refractivity contribution >= 4 is 11.4 Å². The molecule has 2 heterocycles. The fourth-order valence-corrected chi connectivity index (χ4v) is 3.70. The number of rotatable bonds is 7. The van der Waals surface area contributed by atoms with Crippen LogP contribution in [-0.4, -0.2) is 31.1 Å². The molecule has 0 unspecified atom stereocenters. The Balaban J connectivity index is 1.31. The summed E-state index contributed by atoms with van der Waals surface area (Å²) in [5.74, 6) is 0.718.